The van der Waals surface area contributed by atoms with Gasteiger partial charge in [0.1, 0.15) is 5.75 Å². The third kappa shape index (κ3) is 5.54. The number of aliphatic carboxylic acids is 1. The molecule has 0 aliphatic carbocycles. The van der Waals surface area contributed by atoms with Crippen molar-refractivity contribution in [2.24, 2.45) is 0 Å². The fraction of sp³-hybridized carbons (Fsp3) is 0.143. The fourth-order valence-corrected chi connectivity index (χ4v) is 1.29. The Hall–Kier alpha value is -2.56. The lowest BCUT2D eigenvalue weighted by molar-refractivity contribution is -0.131. The molecular formula is C14H15NO4. The third-order valence-electron chi connectivity index (χ3n) is 2.13. The number of ether oxygens (including phenoxy) is 1. The smallest absolute Gasteiger partial charge is 0.328 e. The predicted octanol–water partition coefficient (Wildman–Crippen LogP) is 1.47. The SMILES string of the molecule is C=CCNC(=O)COc1ccccc1/C=C/C(=O)O. The molecule has 0 aliphatic heterocycles. The maximum Gasteiger partial charge on any atom is 0.328 e. The van der Waals surface area contributed by atoms with E-state index in [1.54, 1.807) is 30.3 Å². The summed E-state index contributed by atoms with van der Waals surface area (Å²) in [5, 5.41) is 11.2. The Bertz CT molecular complexity index is 494. The Morgan fingerprint density at radius 3 is 2.79 bits per heavy atom. The highest BCUT2D eigenvalue weighted by molar-refractivity contribution is 5.86. The molecule has 19 heavy (non-hydrogen) atoms. The molecule has 0 spiro atoms. The van der Waals surface area contributed by atoms with Gasteiger partial charge in [0.2, 0.25) is 0 Å². The molecule has 0 saturated carbocycles. The Labute approximate surface area is 111 Å². The first-order valence-electron chi connectivity index (χ1n) is 5.64. The first kappa shape index (κ1) is 14.5. The van der Waals surface area contributed by atoms with Crippen LogP contribution in [0.2, 0.25) is 0 Å². The second-order valence-corrected chi connectivity index (χ2v) is 3.59. The molecular weight excluding hydrogens is 246 g/mol. The van der Waals surface area contributed by atoms with Crippen molar-refractivity contribution in [2.45, 2.75) is 0 Å². The summed E-state index contributed by atoms with van der Waals surface area (Å²) in [5.74, 6) is -0.857. The Morgan fingerprint density at radius 2 is 2.11 bits per heavy atom. The molecule has 0 saturated heterocycles. The van der Waals surface area contributed by atoms with Crippen molar-refractivity contribution in [2.75, 3.05) is 13.2 Å². The fourth-order valence-electron chi connectivity index (χ4n) is 1.29. The number of amides is 1. The van der Waals surface area contributed by atoms with Gasteiger partial charge >= 0.3 is 5.97 Å². The predicted molar refractivity (Wildman–Crippen MR) is 71.8 cm³/mol. The minimum Gasteiger partial charge on any atom is -0.483 e. The van der Waals surface area contributed by atoms with Gasteiger partial charge in [-0.3, -0.25) is 4.79 Å². The van der Waals surface area contributed by atoms with Crippen molar-refractivity contribution in [3.63, 3.8) is 0 Å². The average molecular weight is 261 g/mol. The van der Waals surface area contributed by atoms with E-state index < -0.39 is 5.97 Å². The van der Waals surface area contributed by atoms with Gasteiger partial charge in [-0.15, -0.1) is 6.58 Å². The van der Waals surface area contributed by atoms with Crippen LogP contribution >= 0.6 is 0 Å². The minimum atomic E-state index is -1.04. The van der Waals surface area contributed by atoms with Gasteiger partial charge in [0.25, 0.3) is 5.91 Å². The molecule has 1 amide bonds. The molecule has 0 fully saturated rings. The van der Waals surface area contributed by atoms with Crippen LogP contribution in [0.5, 0.6) is 5.75 Å². The third-order valence-corrected chi connectivity index (χ3v) is 2.13. The van der Waals surface area contributed by atoms with Gasteiger partial charge in [-0.25, -0.2) is 4.79 Å². The van der Waals surface area contributed by atoms with Crippen molar-refractivity contribution in [1.82, 2.24) is 5.32 Å². The number of nitrogens with one attached hydrogen (secondary N) is 1. The number of hydrogen-bond donors (Lipinski definition) is 2. The van der Waals surface area contributed by atoms with E-state index >= 15 is 0 Å². The van der Waals surface area contributed by atoms with Crippen LogP contribution in [0.15, 0.2) is 43.0 Å². The van der Waals surface area contributed by atoms with Crippen LogP contribution in [0.1, 0.15) is 5.56 Å². The van der Waals surface area contributed by atoms with Crippen molar-refractivity contribution in [3.8, 4) is 5.75 Å². The van der Waals surface area contributed by atoms with Crippen molar-refractivity contribution < 1.29 is 19.4 Å². The Kier molecular flexibility index (Phi) is 5.88. The zero-order chi connectivity index (χ0) is 14.1. The van der Waals surface area contributed by atoms with Crippen molar-refractivity contribution >= 4 is 18.0 Å². The lowest BCUT2D eigenvalue weighted by Gasteiger charge is -2.08. The second kappa shape index (κ2) is 7.71. The van der Waals surface area contributed by atoms with Crippen LogP contribution < -0.4 is 10.1 Å². The maximum absolute atomic E-state index is 11.4. The largest absolute Gasteiger partial charge is 0.483 e. The number of carbonyl (C=O) groups excluding carboxylic acids is 1. The van der Waals surface area contributed by atoms with Gasteiger partial charge < -0.3 is 15.2 Å². The van der Waals surface area contributed by atoms with Crippen LogP contribution in [0.4, 0.5) is 0 Å². The van der Waals surface area contributed by atoms with Crippen LogP contribution in [-0.4, -0.2) is 30.1 Å². The van der Waals surface area contributed by atoms with E-state index in [-0.39, 0.29) is 12.5 Å². The quantitative estimate of drug-likeness (QED) is 0.575. The first-order valence-corrected chi connectivity index (χ1v) is 5.64. The Morgan fingerprint density at radius 1 is 1.37 bits per heavy atom. The topological polar surface area (TPSA) is 75.6 Å². The van der Waals surface area contributed by atoms with Gasteiger partial charge in [0.05, 0.1) is 0 Å². The molecule has 0 unspecified atom stereocenters. The number of carbonyl (C=O) groups is 2. The first-order chi connectivity index (χ1) is 9.13. The lowest BCUT2D eigenvalue weighted by Crippen LogP contribution is -2.28. The monoisotopic (exact) mass is 261 g/mol. The molecule has 0 atom stereocenters. The molecule has 5 heteroatoms. The number of carboxylic acid groups (broad SMARTS) is 1. The van der Waals surface area contributed by atoms with Crippen molar-refractivity contribution in [1.29, 1.82) is 0 Å². The zero-order valence-electron chi connectivity index (χ0n) is 10.3. The maximum atomic E-state index is 11.4. The molecule has 2 N–H and O–H groups in total. The normalized spacial score (nSPS) is 10.1. The summed E-state index contributed by atoms with van der Waals surface area (Å²) < 4.78 is 5.34. The molecule has 0 aromatic heterocycles. The van der Waals surface area contributed by atoms with Gasteiger partial charge in [-0.05, 0) is 12.1 Å². The van der Waals surface area contributed by atoms with Gasteiger partial charge in [0, 0.05) is 18.2 Å². The summed E-state index contributed by atoms with van der Waals surface area (Å²) in [5.41, 5.74) is 0.599. The molecule has 5 nitrogen and oxygen atoms in total. The summed E-state index contributed by atoms with van der Waals surface area (Å²) in [6.45, 7) is 3.73. The van der Waals surface area contributed by atoms with Crippen LogP contribution in [0, 0.1) is 0 Å². The highest BCUT2D eigenvalue weighted by Gasteiger charge is 2.04. The molecule has 0 bridgehead atoms. The number of benzene rings is 1. The van der Waals surface area contributed by atoms with Gasteiger partial charge in [0.15, 0.2) is 6.61 Å². The highest BCUT2D eigenvalue weighted by Crippen LogP contribution is 2.19. The van der Waals surface area contributed by atoms with E-state index in [4.69, 9.17) is 9.84 Å². The van der Waals surface area contributed by atoms with Crippen LogP contribution in [0.25, 0.3) is 6.08 Å². The summed E-state index contributed by atoms with van der Waals surface area (Å²) in [6, 6.07) is 6.87. The van der Waals surface area contributed by atoms with E-state index in [9.17, 15) is 9.59 Å². The number of rotatable bonds is 7. The Balaban J connectivity index is 2.65. The summed E-state index contributed by atoms with van der Waals surface area (Å²) >= 11 is 0. The summed E-state index contributed by atoms with van der Waals surface area (Å²) in [7, 11) is 0. The molecule has 0 radical (unpaired) electrons. The lowest BCUT2D eigenvalue weighted by atomic mass is 10.2. The van der Waals surface area contributed by atoms with Crippen LogP contribution in [0.3, 0.4) is 0 Å². The molecule has 1 aromatic carbocycles. The minimum absolute atomic E-state index is 0.133. The van der Waals surface area contributed by atoms with E-state index in [0.717, 1.165) is 6.08 Å². The van der Waals surface area contributed by atoms with E-state index in [0.29, 0.717) is 17.9 Å². The van der Waals surface area contributed by atoms with E-state index in [1.165, 1.54) is 6.08 Å². The van der Waals surface area contributed by atoms with Gasteiger partial charge in [-0.1, -0.05) is 24.3 Å². The average Bonchev–Trinajstić information content (AvgIpc) is 2.41. The standard InChI is InChI=1S/C14H15NO4/c1-2-9-15-13(16)10-19-12-6-4-3-5-11(12)7-8-14(17)18/h2-8H,1,9-10H2,(H,15,16)(H,17,18)/b8-7+. The van der Waals surface area contributed by atoms with E-state index in [1.807, 2.05) is 0 Å². The zero-order valence-corrected chi connectivity index (χ0v) is 10.3. The molecule has 0 heterocycles. The van der Waals surface area contributed by atoms with Gasteiger partial charge in [-0.2, -0.15) is 0 Å². The summed E-state index contributed by atoms with van der Waals surface area (Å²) in [6.07, 6.45) is 4.00. The number of para-hydroxylation sites is 1. The molecule has 1 aromatic rings. The number of carboxylic acids is 1. The van der Waals surface area contributed by atoms with Crippen LogP contribution in [-0.2, 0) is 9.59 Å². The second-order valence-electron chi connectivity index (χ2n) is 3.59. The van der Waals surface area contributed by atoms with Crippen molar-refractivity contribution in [3.05, 3.63) is 48.6 Å². The molecule has 1 rings (SSSR count). The number of hydrogen-bond acceptors (Lipinski definition) is 3. The molecule has 100 valence electrons. The summed E-state index contributed by atoms with van der Waals surface area (Å²) in [4.78, 5) is 21.8. The highest BCUT2D eigenvalue weighted by atomic mass is 16.5. The molecule has 0 aliphatic rings. The van der Waals surface area contributed by atoms with E-state index in [2.05, 4.69) is 11.9 Å².